The fraction of sp³-hybridized carbons (Fsp3) is 0.742. The van der Waals surface area contributed by atoms with E-state index in [1.165, 1.54) is 6.07 Å². The van der Waals surface area contributed by atoms with E-state index in [0.717, 1.165) is 32.2 Å². The van der Waals surface area contributed by atoms with Crippen LogP contribution in [0.3, 0.4) is 0 Å². The van der Waals surface area contributed by atoms with Gasteiger partial charge in [0, 0.05) is 35.2 Å². The van der Waals surface area contributed by atoms with Gasteiger partial charge >= 0.3 is 13.1 Å². The van der Waals surface area contributed by atoms with Crippen molar-refractivity contribution in [3.63, 3.8) is 0 Å². The van der Waals surface area contributed by atoms with Gasteiger partial charge in [-0.05, 0) is 67.5 Å². The van der Waals surface area contributed by atoms with E-state index in [0.29, 0.717) is 24.9 Å². The molecule has 3 fully saturated rings. The number of hydrogen-bond acceptors (Lipinski definition) is 8. The van der Waals surface area contributed by atoms with Crippen molar-refractivity contribution in [2.45, 2.75) is 92.0 Å². The third-order valence-corrected chi connectivity index (χ3v) is 11.4. The molecule has 1 heterocycles. The molecule has 3 saturated carbocycles. The molecule has 0 spiro atoms. The molecule has 226 valence electrons. The lowest BCUT2D eigenvalue weighted by atomic mass is 9.44. The van der Waals surface area contributed by atoms with Gasteiger partial charge in [-0.2, -0.15) is 0 Å². The first kappa shape index (κ1) is 30.5. The van der Waals surface area contributed by atoms with E-state index < -0.39 is 48.5 Å². The fourth-order valence-electron chi connectivity index (χ4n) is 8.78. The zero-order valence-electron chi connectivity index (χ0n) is 25.0. The van der Waals surface area contributed by atoms with Crippen LogP contribution in [0.25, 0.3) is 0 Å². The summed E-state index contributed by atoms with van der Waals surface area (Å²) in [5.41, 5.74) is -1.02. The van der Waals surface area contributed by atoms with Gasteiger partial charge in [0.05, 0.1) is 12.7 Å². The van der Waals surface area contributed by atoms with Crippen LogP contribution in [0.1, 0.15) is 78.7 Å². The Morgan fingerprint density at radius 3 is 2.76 bits per heavy atom. The number of ketones is 1. The highest BCUT2D eigenvalue weighted by Gasteiger charge is 2.68. The summed E-state index contributed by atoms with van der Waals surface area (Å²) in [7, 11) is -1.37. The Hall–Kier alpha value is -2.01. The van der Waals surface area contributed by atoms with E-state index in [-0.39, 0.29) is 46.8 Å². The van der Waals surface area contributed by atoms with Crippen molar-refractivity contribution in [3.05, 3.63) is 23.5 Å². The molecule has 1 aromatic carbocycles. The summed E-state index contributed by atoms with van der Waals surface area (Å²) >= 11 is 0. The number of nitrogens with one attached hydrogen (secondary N) is 1. The largest absolute Gasteiger partial charge is 0.494 e. The molecule has 0 aromatic heterocycles. The molecular weight excluding hydrogens is 528 g/mol. The topological polar surface area (TPSA) is 114 Å². The van der Waals surface area contributed by atoms with Gasteiger partial charge in [-0.1, -0.05) is 40.7 Å². The Morgan fingerprint density at radius 1 is 1.27 bits per heavy atom. The summed E-state index contributed by atoms with van der Waals surface area (Å²) < 4.78 is 31.9. The number of aliphatic hydroxyl groups excluding tert-OH is 1. The molecule has 0 radical (unpaired) electrons. The van der Waals surface area contributed by atoms with Crippen LogP contribution < -0.4 is 15.5 Å². The molecule has 10 heteroatoms. The highest BCUT2D eigenvalue weighted by molar-refractivity contribution is 6.61. The zero-order chi connectivity index (χ0) is 29.7. The Labute approximate surface area is 242 Å². The predicted octanol–water partition coefficient (Wildman–Crippen LogP) is 3.14. The SMILES string of the molecule is CCCNC[C@]1(C)C[C@@H](OC(=O)COc2ccc3c(c2F)B(O)OC3)[C@]2(C)[C@H](C)CC[C@]3(CCC(=O)[C@H]32)[C@@H](C)[C@@H]1O. The number of carbonyl (C=O) groups excluding carboxylic acids is 2. The van der Waals surface area contributed by atoms with E-state index in [1.807, 2.05) is 0 Å². The quantitative estimate of drug-likeness (QED) is 0.247. The number of rotatable bonds is 8. The highest BCUT2D eigenvalue weighted by Crippen LogP contribution is 2.67. The van der Waals surface area contributed by atoms with E-state index in [4.69, 9.17) is 14.1 Å². The van der Waals surface area contributed by atoms with Gasteiger partial charge in [-0.3, -0.25) is 4.79 Å². The Bertz CT molecular complexity index is 1180. The molecule has 4 aliphatic rings. The molecule has 0 amide bonds. The number of halogens is 1. The van der Waals surface area contributed by atoms with E-state index in [1.54, 1.807) is 6.07 Å². The molecule has 1 aromatic rings. The van der Waals surface area contributed by atoms with Crippen LogP contribution in [-0.4, -0.2) is 60.9 Å². The van der Waals surface area contributed by atoms with Crippen molar-refractivity contribution in [2.24, 2.45) is 34.0 Å². The maximum absolute atomic E-state index is 15.0. The minimum atomic E-state index is -1.37. The Morgan fingerprint density at radius 2 is 2.02 bits per heavy atom. The first-order valence-corrected chi connectivity index (χ1v) is 15.2. The summed E-state index contributed by atoms with van der Waals surface area (Å²) in [6, 6.07) is 3.03. The van der Waals surface area contributed by atoms with Crippen LogP contribution in [0.15, 0.2) is 12.1 Å². The standard InChI is InChI=1S/C31H45BFNO7/c1-6-13-34-17-29(4)14-23(41-24(36)16-39-22-8-7-20-15-40-32(38)25(20)26(22)33)30(5)18(2)9-11-31(19(3)28(29)37)12-10-21(35)27(30)31/h7-8,18-19,23,27-28,34,37-38H,6,9-17H2,1-5H3/t18-,19+,23-,27+,28+,29+,30+,31+/m1/s1. The number of benzene rings is 1. The van der Waals surface area contributed by atoms with Crippen molar-refractivity contribution in [1.82, 2.24) is 5.32 Å². The minimum absolute atomic E-state index is 0.0222. The second-order valence-corrected chi connectivity index (χ2v) is 13.6. The zero-order valence-corrected chi connectivity index (χ0v) is 25.0. The normalized spacial score (nSPS) is 38.2. The number of Topliss-reactive ketones (excluding diaryl/α,β-unsaturated/α-hetero) is 1. The lowest BCUT2D eigenvalue weighted by Gasteiger charge is -2.62. The van der Waals surface area contributed by atoms with Gasteiger partial charge in [0.25, 0.3) is 0 Å². The molecule has 8 atom stereocenters. The molecular formula is C31H45BFNO7. The number of hydrogen-bond donors (Lipinski definition) is 3. The third kappa shape index (κ3) is 4.92. The fourth-order valence-corrected chi connectivity index (χ4v) is 8.78. The number of ether oxygens (including phenoxy) is 2. The maximum Gasteiger partial charge on any atom is 0.494 e. The number of aliphatic hydroxyl groups is 1. The molecule has 2 bridgehead atoms. The van der Waals surface area contributed by atoms with Crippen LogP contribution >= 0.6 is 0 Å². The smallest absolute Gasteiger partial charge is 0.479 e. The van der Waals surface area contributed by atoms with Crippen LogP contribution in [0.4, 0.5) is 4.39 Å². The summed E-state index contributed by atoms with van der Waals surface area (Å²) in [5, 5.41) is 25.4. The van der Waals surface area contributed by atoms with Gasteiger partial charge in [0.15, 0.2) is 18.2 Å². The van der Waals surface area contributed by atoms with E-state index >= 15 is 4.39 Å². The van der Waals surface area contributed by atoms with Crippen molar-refractivity contribution >= 4 is 24.3 Å². The predicted molar refractivity (Wildman–Crippen MR) is 152 cm³/mol. The summed E-state index contributed by atoms with van der Waals surface area (Å²) in [6.07, 6.45) is 2.98. The van der Waals surface area contributed by atoms with Crippen LogP contribution in [0.5, 0.6) is 5.75 Å². The van der Waals surface area contributed by atoms with Crippen LogP contribution in [0.2, 0.25) is 0 Å². The van der Waals surface area contributed by atoms with Gasteiger partial charge < -0.3 is 29.6 Å². The highest BCUT2D eigenvalue weighted by atomic mass is 19.1. The van der Waals surface area contributed by atoms with Crippen LogP contribution in [-0.2, 0) is 25.6 Å². The van der Waals surface area contributed by atoms with Crippen molar-refractivity contribution in [3.8, 4) is 5.75 Å². The van der Waals surface area contributed by atoms with Crippen LogP contribution in [0, 0.1) is 39.8 Å². The maximum atomic E-state index is 15.0. The minimum Gasteiger partial charge on any atom is -0.479 e. The van der Waals surface area contributed by atoms with Gasteiger partial charge in [-0.25, -0.2) is 9.18 Å². The molecule has 8 nitrogen and oxygen atoms in total. The van der Waals surface area contributed by atoms with E-state index in [9.17, 15) is 19.7 Å². The molecule has 0 unspecified atom stereocenters. The van der Waals surface area contributed by atoms with E-state index in [2.05, 4.69) is 39.9 Å². The second-order valence-electron chi connectivity index (χ2n) is 13.6. The van der Waals surface area contributed by atoms with Crippen molar-refractivity contribution in [1.29, 1.82) is 0 Å². The molecule has 41 heavy (non-hydrogen) atoms. The lowest BCUT2D eigenvalue weighted by Crippen LogP contribution is -2.64. The Kier molecular flexibility index (Phi) is 8.35. The summed E-state index contributed by atoms with van der Waals surface area (Å²) in [4.78, 5) is 27.0. The second kappa shape index (κ2) is 11.2. The molecule has 3 aliphatic carbocycles. The summed E-state index contributed by atoms with van der Waals surface area (Å²) in [6.45, 7) is 11.4. The number of carbonyl (C=O) groups is 2. The monoisotopic (exact) mass is 573 g/mol. The molecule has 1 aliphatic heterocycles. The van der Waals surface area contributed by atoms with Crippen molar-refractivity contribution in [2.75, 3.05) is 19.7 Å². The first-order chi connectivity index (χ1) is 19.4. The average Bonchev–Trinajstić information content (AvgIpc) is 3.50. The summed E-state index contributed by atoms with van der Waals surface area (Å²) in [5.74, 6) is -1.66. The average molecular weight is 574 g/mol. The number of fused-ring (bicyclic) bond motifs is 1. The molecule has 0 saturated heterocycles. The third-order valence-electron chi connectivity index (χ3n) is 11.4. The lowest BCUT2D eigenvalue weighted by molar-refractivity contribution is -0.212. The first-order valence-electron chi connectivity index (χ1n) is 15.2. The molecule has 3 N–H and O–H groups in total. The van der Waals surface area contributed by atoms with Gasteiger partial charge in [-0.15, -0.1) is 0 Å². The molecule has 5 rings (SSSR count). The number of esters is 1. The van der Waals surface area contributed by atoms with Crippen molar-refractivity contribution < 1.29 is 38.2 Å². The van der Waals surface area contributed by atoms with Gasteiger partial charge in [0.1, 0.15) is 11.9 Å². The Balaban J connectivity index is 1.45. The van der Waals surface area contributed by atoms with Gasteiger partial charge in [0.2, 0.25) is 0 Å².